The van der Waals surface area contributed by atoms with Crippen LogP contribution in [0.1, 0.15) is 11.1 Å². The minimum atomic E-state index is -3.80. The quantitative estimate of drug-likeness (QED) is 0.0164. The van der Waals surface area contributed by atoms with E-state index in [4.69, 9.17) is 38.9 Å². The molecule has 2 aromatic carbocycles. The van der Waals surface area contributed by atoms with Crippen molar-refractivity contribution in [2.24, 2.45) is 0 Å². The second kappa shape index (κ2) is 40.6. The van der Waals surface area contributed by atoms with Gasteiger partial charge in [-0.15, -0.1) is 0 Å². The predicted molar refractivity (Wildman–Crippen MR) is 284 cm³/mol. The number of ether oxygens (including phenoxy) is 4. The monoisotopic (exact) mass is 1070 g/mol. The molecule has 0 amide bonds. The number of benzene rings is 2. The fourth-order valence-corrected chi connectivity index (χ4v) is 7.70. The van der Waals surface area contributed by atoms with Crippen molar-refractivity contribution in [3.05, 3.63) is 59.7 Å². The van der Waals surface area contributed by atoms with Crippen LogP contribution in [0.3, 0.4) is 0 Å². The van der Waals surface area contributed by atoms with E-state index >= 15 is 0 Å². The molecule has 0 aromatic heterocycles. The van der Waals surface area contributed by atoms with E-state index in [0.29, 0.717) is 105 Å². The second-order valence-electron chi connectivity index (χ2n) is 16.4. The standard InChI is InChI=1S/C20H40B3N3O8S.C13H34B3N3O6.C7H7ClO2S/c1-19-5-7-20(8-6-19)35(30,31)34-18-17-33-16-15-32-14-13-26(23(4)29)12-11-25(22(3)28)10-9-24-21(2)27;1-14(21)17-4-5-18(15(2)22)6-7-19(16(3)23)8-10-24-12-13-25-11-9-20;1-6-2-4-7(5-3-6)11(8,9)10/h5-8,24,27-29H,9-18H2,1-4H3;17,20-23H,4-13H2,1-3H3;2-5H,1H3. The largest absolute Gasteiger partial charge is 0.437 e. The van der Waals surface area contributed by atoms with E-state index in [2.05, 4.69) is 10.5 Å². The van der Waals surface area contributed by atoms with Crippen LogP contribution in [0.25, 0.3) is 0 Å². The highest BCUT2D eigenvalue weighted by Crippen LogP contribution is 2.15. The van der Waals surface area contributed by atoms with Crippen molar-refractivity contribution in [2.75, 3.05) is 132 Å². The summed E-state index contributed by atoms with van der Waals surface area (Å²) in [6.45, 7) is 22.0. The van der Waals surface area contributed by atoms with Gasteiger partial charge in [-0.2, -0.15) is 8.42 Å². The Morgan fingerprint density at radius 2 is 0.775 bits per heavy atom. The summed E-state index contributed by atoms with van der Waals surface area (Å²) < 4.78 is 72.0. The lowest BCUT2D eigenvalue weighted by Crippen LogP contribution is -2.49. The van der Waals surface area contributed by atoms with Gasteiger partial charge < -0.3 is 83.9 Å². The highest BCUT2D eigenvalue weighted by Gasteiger charge is 2.23. The van der Waals surface area contributed by atoms with Crippen molar-refractivity contribution in [3.8, 4) is 0 Å². The second-order valence-corrected chi connectivity index (χ2v) is 20.6. The minimum absolute atomic E-state index is 0.00230. The summed E-state index contributed by atoms with van der Waals surface area (Å²) in [7, 11) is -5.99. The van der Waals surface area contributed by atoms with Crippen molar-refractivity contribution >= 4 is 72.2 Å². The Morgan fingerprint density at radius 1 is 0.465 bits per heavy atom. The van der Waals surface area contributed by atoms with Gasteiger partial charge in [0, 0.05) is 63.0 Å². The van der Waals surface area contributed by atoms with Gasteiger partial charge >= 0.3 is 42.3 Å². The van der Waals surface area contributed by atoms with Gasteiger partial charge in [0.1, 0.15) is 0 Å². The first-order valence-corrected chi connectivity index (χ1v) is 27.5. The number of hydrogen-bond acceptors (Lipinski definition) is 22. The van der Waals surface area contributed by atoms with Crippen LogP contribution in [0, 0.1) is 13.8 Å². The third-order valence-electron chi connectivity index (χ3n) is 10.2. The zero-order valence-corrected chi connectivity index (χ0v) is 45.4. The van der Waals surface area contributed by atoms with Crippen LogP contribution < -0.4 is 10.5 Å². The Hall–Kier alpha value is -1.70. The maximum atomic E-state index is 12.1. The molecule has 2 aromatic rings. The van der Waals surface area contributed by atoms with E-state index in [-0.39, 0.29) is 36.2 Å². The number of hydrogen-bond donors (Lipinski definition) is 9. The van der Waals surface area contributed by atoms with Crippen molar-refractivity contribution in [2.45, 2.75) is 64.6 Å². The molecule has 0 atom stereocenters. The topological polar surface area (TPSA) is 293 Å². The van der Waals surface area contributed by atoms with Gasteiger partial charge in [-0.25, -0.2) is 8.42 Å². The third-order valence-corrected chi connectivity index (χ3v) is 12.9. The molecule has 2 rings (SSSR count). The molecule has 0 aliphatic heterocycles. The fraction of sp³-hybridized carbons (Fsp3) is 0.700. The van der Waals surface area contributed by atoms with Gasteiger partial charge in [-0.3, -0.25) is 4.18 Å². The average Bonchev–Trinajstić information content (AvgIpc) is 3.28. The normalized spacial score (nSPS) is 11.7. The maximum Gasteiger partial charge on any atom is 0.376 e. The number of rotatable bonds is 38. The number of aliphatic hydroxyl groups is 1. The van der Waals surface area contributed by atoms with Crippen molar-refractivity contribution < 1.29 is 75.2 Å². The van der Waals surface area contributed by atoms with Crippen LogP contribution in [0.2, 0.25) is 40.9 Å². The molecule has 71 heavy (non-hydrogen) atoms. The predicted octanol–water partition coefficient (Wildman–Crippen LogP) is -1.28. The molecule has 0 heterocycles. The molecular weight excluding hydrogens is 985 g/mol. The molecule has 22 nitrogen and oxygen atoms in total. The molecule has 0 saturated carbocycles. The molecule has 9 N–H and O–H groups in total. The highest BCUT2D eigenvalue weighted by atomic mass is 35.7. The highest BCUT2D eigenvalue weighted by molar-refractivity contribution is 8.13. The van der Waals surface area contributed by atoms with Crippen LogP contribution in [0.15, 0.2) is 58.3 Å². The number of nitrogens with one attached hydrogen (secondary N) is 2. The Bertz CT molecular complexity index is 1830. The van der Waals surface area contributed by atoms with Crippen LogP contribution >= 0.6 is 10.7 Å². The summed E-state index contributed by atoms with van der Waals surface area (Å²) in [5.41, 5.74) is 1.97. The third kappa shape index (κ3) is 36.8. The summed E-state index contributed by atoms with van der Waals surface area (Å²) in [6, 6.07) is 12.8. The summed E-state index contributed by atoms with van der Waals surface area (Å²) >= 11 is 0. The van der Waals surface area contributed by atoms with E-state index < -0.39 is 61.5 Å². The minimum Gasteiger partial charge on any atom is -0.437 e. The molecule has 31 heteroatoms. The number of halogens is 1. The Balaban J connectivity index is 0.00000117. The van der Waals surface area contributed by atoms with E-state index in [1.165, 1.54) is 24.3 Å². The molecule has 0 aliphatic rings. The van der Waals surface area contributed by atoms with Gasteiger partial charge in [0.15, 0.2) is 0 Å². The first kappa shape index (κ1) is 69.3. The van der Waals surface area contributed by atoms with Gasteiger partial charge in [-0.05, 0) is 92.1 Å². The fourth-order valence-electron chi connectivity index (χ4n) is 6.04. The van der Waals surface area contributed by atoms with Crippen molar-refractivity contribution in [1.82, 2.24) is 29.7 Å². The van der Waals surface area contributed by atoms with Crippen LogP contribution in [0.5, 0.6) is 0 Å². The summed E-state index contributed by atoms with van der Waals surface area (Å²) in [5.74, 6) is 0. The molecule has 0 bridgehead atoms. The van der Waals surface area contributed by atoms with E-state index in [1.807, 2.05) is 33.1 Å². The van der Waals surface area contributed by atoms with Crippen molar-refractivity contribution in [1.29, 1.82) is 0 Å². The Kier molecular flexibility index (Phi) is 39.6. The zero-order valence-electron chi connectivity index (χ0n) is 43.0. The lowest BCUT2D eigenvalue weighted by Gasteiger charge is -2.29. The van der Waals surface area contributed by atoms with E-state index in [1.54, 1.807) is 65.2 Å². The molecular formula is C40H81B6ClN6O16S2. The van der Waals surface area contributed by atoms with Gasteiger partial charge in [-0.1, -0.05) is 35.4 Å². The number of nitrogens with zero attached hydrogens (tertiary/aromatic N) is 4. The van der Waals surface area contributed by atoms with Crippen molar-refractivity contribution in [3.63, 3.8) is 0 Å². The average molecular weight is 1070 g/mol. The SMILES string of the molecule is CB(O)NCCN(CCN(CCOCCOCCO)B(C)O)B(C)O.CB(O)NCCN(CCN(CCOCCOCCOS(=O)(=O)c1ccc(C)cc1)B(C)O)B(C)O.Cc1ccc(S(=O)(=O)Cl)cc1. The molecule has 0 spiro atoms. The summed E-state index contributed by atoms with van der Waals surface area (Å²) in [4.78, 5) is 7.68. The molecule has 0 fully saturated rings. The smallest absolute Gasteiger partial charge is 0.376 e. The van der Waals surface area contributed by atoms with Crippen LogP contribution in [-0.4, -0.2) is 245 Å². The first-order valence-electron chi connectivity index (χ1n) is 23.8. The molecule has 0 aliphatic carbocycles. The first-order chi connectivity index (χ1) is 33.4. The number of aryl methyl sites for hydroxylation is 2. The molecule has 404 valence electrons. The maximum absolute atomic E-state index is 12.1. The Morgan fingerprint density at radius 3 is 1.10 bits per heavy atom. The summed E-state index contributed by atoms with van der Waals surface area (Å²) in [6.07, 6.45) is 0. The Labute approximate surface area is 431 Å². The molecule has 0 unspecified atom stereocenters. The van der Waals surface area contributed by atoms with Gasteiger partial charge in [0.25, 0.3) is 19.2 Å². The van der Waals surface area contributed by atoms with Crippen LogP contribution in [0.4, 0.5) is 0 Å². The van der Waals surface area contributed by atoms with Gasteiger partial charge in [0.05, 0.1) is 75.9 Å². The number of aliphatic hydroxyl groups excluding tert-OH is 1. The summed E-state index contributed by atoms with van der Waals surface area (Å²) in [5, 5.41) is 72.6. The van der Waals surface area contributed by atoms with E-state index in [0.717, 1.165) is 11.1 Å². The molecule has 0 radical (unpaired) electrons. The van der Waals surface area contributed by atoms with Gasteiger partial charge in [0.2, 0.25) is 0 Å². The molecule has 0 saturated heterocycles. The lowest BCUT2D eigenvalue weighted by atomic mass is 9.82. The lowest BCUT2D eigenvalue weighted by molar-refractivity contribution is 0.0299. The van der Waals surface area contributed by atoms with Crippen LogP contribution in [-0.2, 0) is 42.3 Å². The van der Waals surface area contributed by atoms with E-state index in [9.17, 15) is 47.0 Å². The zero-order chi connectivity index (χ0) is 53.8.